The number of carbonyl (C=O) groups excluding carboxylic acids is 1. The summed E-state index contributed by atoms with van der Waals surface area (Å²) >= 11 is 0. The highest BCUT2D eigenvalue weighted by Crippen LogP contribution is 2.25. The standard InChI is InChI=1S/C17H25F2N3O4/c1-10(2)9-22-14(15(18)19)13(8-21-22)16(23)20-7-12(17(24)25)11-3-5-26-6-4-11/h8,10-12,15H,3-7,9H2,1-2H3,(H,20,23)(H,24,25). The molecular weight excluding hydrogens is 348 g/mol. The second-order valence-corrected chi connectivity index (χ2v) is 6.92. The number of rotatable bonds is 8. The molecule has 26 heavy (non-hydrogen) atoms. The number of ether oxygens (including phenoxy) is 1. The van der Waals surface area contributed by atoms with E-state index in [4.69, 9.17) is 4.74 Å². The summed E-state index contributed by atoms with van der Waals surface area (Å²) in [7, 11) is 0. The molecule has 1 amide bonds. The Morgan fingerprint density at radius 3 is 2.58 bits per heavy atom. The minimum Gasteiger partial charge on any atom is -0.481 e. The van der Waals surface area contributed by atoms with Gasteiger partial charge in [0.2, 0.25) is 0 Å². The zero-order chi connectivity index (χ0) is 19.3. The van der Waals surface area contributed by atoms with E-state index < -0.39 is 29.9 Å². The first-order valence-corrected chi connectivity index (χ1v) is 8.73. The number of hydrogen-bond acceptors (Lipinski definition) is 4. The lowest BCUT2D eigenvalue weighted by Gasteiger charge is -2.27. The summed E-state index contributed by atoms with van der Waals surface area (Å²) in [5, 5.41) is 15.8. The van der Waals surface area contributed by atoms with Crippen molar-refractivity contribution in [1.82, 2.24) is 15.1 Å². The number of carboxylic acids is 1. The molecule has 7 nitrogen and oxygen atoms in total. The van der Waals surface area contributed by atoms with Gasteiger partial charge in [0, 0.05) is 26.3 Å². The third kappa shape index (κ3) is 5.00. The van der Waals surface area contributed by atoms with Crippen molar-refractivity contribution in [3.63, 3.8) is 0 Å². The van der Waals surface area contributed by atoms with Gasteiger partial charge in [-0.2, -0.15) is 5.10 Å². The van der Waals surface area contributed by atoms with E-state index in [-0.39, 0.29) is 30.5 Å². The number of carboxylic acid groups (broad SMARTS) is 1. The number of nitrogens with zero attached hydrogens (tertiary/aromatic N) is 2. The molecule has 1 saturated heterocycles. The van der Waals surface area contributed by atoms with Crippen molar-refractivity contribution >= 4 is 11.9 Å². The fourth-order valence-electron chi connectivity index (χ4n) is 3.16. The minimum absolute atomic E-state index is 0.0909. The Labute approximate surface area is 150 Å². The van der Waals surface area contributed by atoms with Gasteiger partial charge in [-0.25, -0.2) is 8.78 Å². The predicted octanol–water partition coefficient (Wildman–Crippen LogP) is 2.33. The Morgan fingerprint density at radius 1 is 1.38 bits per heavy atom. The Bertz CT molecular complexity index is 628. The van der Waals surface area contributed by atoms with E-state index in [1.54, 1.807) is 0 Å². The Kier molecular flexibility index (Phi) is 7.07. The van der Waals surface area contributed by atoms with Crippen molar-refractivity contribution in [2.75, 3.05) is 19.8 Å². The van der Waals surface area contributed by atoms with Gasteiger partial charge in [-0.15, -0.1) is 0 Å². The Hall–Kier alpha value is -2.03. The van der Waals surface area contributed by atoms with Crippen LogP contribution in [0.4, 0.5) is 8.78 Å². The second-order valence-electron chi connectivity index (χ2n) is 6.92. The molecule has 1 aliphatic heterocycles. The molecule has 0 spiro atoms. The lowest BCUT2D eigenvalue weighted by atomic mass is 9.86. The topological polar surface area (TPSA) is 93.5 Å². The molecule has 1 aromatic heterocycles. The summed E-state index contributed by atoms with van der Waals surface area (Å²) in [6.07, 6.45) is -0.533. The Balaban J connectivity index is 2.08. The van der Waals surface area contributed by atoms with Crippen molar-refractivity contribution in [1.29, 1.82) is 0 Å². The number of hydrogen-bond donors (Lipinski definition) is 2. The maximum atomic E-state index is 13.4. The van der Waals surface area contributed by atoms with Gasteiger partial charge in [-0.1, -0.05) is 13.8 Å². The highest BCUT2D eigenvalue weighted by atomic mass is 19.3. The molecule has 1 aliphatic rings. The molecule has 0 radical (unpaired) electrons. The average Bonchev–Trinajstić information content (AvgIpc) is 2.98. The van der Waals surface area contributed by atoms with Crippen LogP contribution in [0, 0.1) is 17.8 Å². The van der Waals surface area contributed by atoms with E-state index in [0.717, 1.165) is 10.9 Å². The quantitative estimate of drug-likeness (QED) is 0.730. The summed E-state index contributed by atoms with van der Waals surface area (Å²) in [5.41, 5.74) is -0.647. The second kappa shape index (κ2) is 9.07. The highest BCUT2D eigenvalue weighted by molar-refractivity contribution is 5.95. The molecule has 146 valence electrons. The van der Waals surface area contributed by atoms with Crippen molar-refractivity contribution in [3.05, 3.63) is 17.5 Å². The number of nitrogens with one attached hydrogen (secondary N) is 1. The van der Waals surface area contributed by atoms with Gasteiger partial charge in [-0.05, 0) is 24.7 Å². The van der Waals surface area contributed by atoms with Gasteiger partial charge in [-0.3, -0.25) is 14.3 Å². The van der Waals surface area contributed by atoms with Gasteiger partial charge in [0.05, 0.1) is 17.7 Å². The van der Waals surface area contributed by atoms with Gasteiger partial charge >= 0.3 is 5.97 Å². The number of aliphatic carboxylic acids is 1. The van der Waals surface area contributed by atoms with Gasteiger partial charge in [0.15, 0.2) is 0 Å². The van der Waals surface area contributed by atoms with Crippen LogP contribution >= 0.6 is 0 Å². The van der Waals surface area contributed by atoms with Crippen LogP contribution in [0.5, 0.6) is 0 Å². The molecule has 2 rings (SSSR count). The van der Waals surface area contributed by atoms with E-state index in [9.17, 15) is 23.5 Å². The average molecular weight is 373 g/mol. The van der Waals surface area contributed by atoms with E-state index >= 15 is 0 Å². The lowest BCUT2D eigenvalue weighted by Crippen LogP contribution is -2.39. The fourth-order valence-corrected chi connectivity index (χ4v) is 3.16. The van der Waals surface area contributed by atoms with Crippen molar-refractivity contribution in [3.8, 4) is 0 Å². The van der Waals surface area contributed by atoms with E-state index in [1.807, 2.05) is 13.8 Å². The van der Waals surface area contributed by atoms with Gasteiger partial charge < -0.3 is 15.2 Å². The molecule has 2 N–H and O–H groups in total. The monoisotopic (exact) mass is 373 g/mol. The molecule has 9 heteroatoms. The van der Waals surface area contributed by atoms with Crippen LogP contribution in [0.2, 0.25) is 0 Å². The summed E-state index contributed by atoms with van der Waals surface area (Å²) in [4.78, 5) is 23.9. The fraction of sp³-hybridized carbons (Fsp3) is 0.706. The molecule has 0 saturated carbocycles. The summed E-state index contributed by atoms with van der Waals surface area (Å²) < 4.78 is 33.2. The third-order valence-electron chi connectivity index (χ3n) is 4.50. The first-order chi connectivity index (χ1) is 12.3. The Morgan fingerprint density at radius 2 is 2.04 bits per heavy atom. The van der Waals surface area contributed by atoms with Gasteiger partial charge in [0.25, 0.3) is 12.3 Å². The van der Waals surface area contributed by atoms with Crippen molar-refractivity contribution in [2.45, 2.75) is 39.7 Å². The highest BCUT2D eigenvalue weighted by Gasteiger charge is 2.31. The molecule has 0 aromatic carbocycles. The third-order valence-corrected chi connectivity index (χ3v) is 4.50. The maximum absolute atomic E-state index is 13.4. The summed E-state index contributed by atoms with van der Waals surface area (Å²) in [6.45, 7) is 4.85. The first kappa shape index (κ1) is 20.3. The normalized spacial score (nSPS) is 16.8. The van der Waals surface area contributed by atoms with E-state index in [1.165, 1.54) is 0 Å². The first-order valence-electron chi connectivity index (χ1n) is 8.73. The molecule has 1 unspecified atom stereocenters. The minimum atomic E-state index is -2.84. The smallest absolute Gasteiger partial charge is 0.308 e. The zero-order valence-corrected chi connectivity index (χ0v) is 15.0. The SMILES string of the molecule is CC(C)Cn1ncc(C(=O)NCC(C(=O)O)C2CCOCC2)c1C(F)F. The molecule has 1 aromatic rings. The van der Waals surface area contributed by atoms with Crippen LogP contribution in [0.3, 0.4) is 0 Å². The molecule has 1 atom stereocenters. The number of halogens is 2. The van der Waals surface area contributed by atoms with E-state index in [2.05, 4.69) is 10.4 Å². The van der Waals surface area contributed by atoms with Gasteiger partial charge in [0.1, 0.15) is 5.69 Å². The summed E-state index contributed by atoms with van der Waals surface area (Å²) in [5.74, 6) is -2.54. The van der Waals surface area contributed by atoms with Crippen molar-refractivity contribution < 1.29 is 28.2 Å². The van der Waals surface area contributed by atoms with E-state index in [0.29, 0.717) is 26.1 Å². The number of amides is 1. The predicted molar refractivity (Wildman–Crippen MR) is 89.0 cm³/mol. The van der Waals surface area contributed by atoms with Crippen LogP contribution in [0.1, 0.15) is 49.2 Å². The summed E-state index contributed by atoms with van der Waals surface area (Å²) in [6, 6.07) is 0. The number of aromatic nitrogens is 2. The largest absolute Gasteiger partial charge is 0.481 e. The maximum Gasteiger partial charge on any atom is 0.308 e. The zero-order valence-electron chi connectivity index (χ0n) is 15.0. The van der Waals surface area contributed by atoms with Crippen LogP contribution < -0.4 is 5.32 Å². The number of carbonyl (C=O) groups is 2. The molecule has 0 bridgehead atoms. The van der Waals surface area contributed by atoms with Crippen molar-refractivity contribution in [2.24, 2.45) is 17.8 Å². The molecule has 2 heterocycles. The lowest BCUT2D eigenvalue weighted by molar-refractivity contribution is -0.144. The van der Waals surface area contributed by atoms with Crippen LogP contribution in [0.15, 0.2) is 6.20 Å². The van der Waals surface area contributed by atoms with Crippen LogP contribution in [0.25, 0.3) is 0 Å². The number of alkyl halides is 2. The molecular formula is C17H25F2N3O4. The molecule has 1 fully saturated rings. The molecule has 0 aliphatic carbocycles. The van der Waals surface area contributed by atoms with Crippen LogP contribution in [-0.4, -0.2) is 46.5 Å². The van der Waals surface area contributed by atoms with Crippen LogP contribution in [-0.2, 0) is 16.1 Å².